The first-order chi connectivity index (χ1) is 17.2. The lowest BCUT2D eigenvalue weighted by molar-refractivity contribution is -0.00887. The fraction of sp³-hybridized carbons (Fsp3) is 0.360. The highest BCUT2D eigenvalue weighted by atomic mass is 35.5. The fourth-order valence-electron chi connectivity index (χ4n) is 3.97. The van der Waals surface area contributed by atoms with Crippen LogP contribution >= 0.6 is 11.6 Å². The molecule has 1 aliphatic heterocycles. The first kappa shape index (κ1) is 25.7. The van der Waals surface area contributed by atoms with Crippen molar-refractivity contribution >= 4 is 28.9 Å². The number of anilines is 1. The minimum absolute atomic E-state index is 0.0337. The average Bonchev–Trinajstić information content (AvgIpc) is 3.33. The maximum Gasteiger partial charge on any atom is 0.322 e. The largest absolute Gasteiger partial charge is 0.421 e. The summed E-state index contributed by atoms with van der Waals surface area (Å²) in [4.78, 5) is 18.8. The number of hydrogen-bond donors (Lipinski definition) is 2. The molecule has 0 unspecified atom stereocenters. The van der Waals surface area contributed by atoms with Gasteiger partial charge in [0.25, 0.3) is 5.92 Å². The van der Waals surface area contributed by atoms with Crippen molar-refractivity contribution in [3.63, 3.8) is 0 Å². The van der Waals surface area contributed by atoms with Crippen LogP contribution in [-0.4, -0.2) is 50.9 Å². The Balaban J connectivity index is 1.41. The summed E-state index contributed by atoms with van der Waals surface area (Å²) in [7, 11) is 0. The molecule has 2 aromatic heterocycles. The summed E-state index contributed by atoms with van der Waals surface area (Å²) in [5, 5.41) is 20.0. The molecule has 3 aromatic rings. The number of aliphatic hydroxyl groups excluding tert-OH is 1. The van der Waals surface area contributed by atoms with Gasteiger partial charge in [0.1, 0.15) is 0 Å². The molecule has 11 heteroatoms. The Morgan fingerprint density at radius 3 is 2.75 bits per heavy atom. The summed E-state index contributed by atoms with van der Waals surface area (Å²) in [6.07, 6.45) is 4.00. The number of nitrogens with zero attached hydrogens (tertiary/aromatic N) is 4. The molecule has 1 aliphatic rings. The van der Waals surface area contributed by atoms with Crippen LogP contribution in [0.4, 0.5) is 19.3 Å². The van der Waals surface area contributed by atoms with Crippen LogP contribution in [0.2, 0.25) is 5.02 Å². The minimum atomic E-state index is -2.90. The van der Waals surface area contributed by atoms with E-state index in [0.29, 0.717) is 52.9 Å². The van der Waals surface area contributed by atoms with E-state index in [4.69, 9.17) is 21.1 Å². The Hall–Kier alpha value is -3.37. The molecule has 3 heterocycles. The van der Waals surface area contributed by atoms with Gasteiger partial charge in [-0.25, -0.2) is 13.6 Å². The second-order valence-electron chi connectivity index (χ2n) is 8.47. The Bertz CT molecular complexity index is 1290. The van der Waals surface area contributed by atoms with E-state index in [1.54, 1.807) is 30.2 Å². The van der Waals surface area contributed by atoms with E-state index in [1.165, 1.54) is 19.1 Å². The van der Waals surface area contributed by atoms with E-state index in [0.717, 1.165) is 5.57 Å². The number of aromatic nitrogens is 3. The molecular formula is C25H26ClF2N5O3. The third-order valence-corrected chi connectivity index (χ3v) is 6.29. The number of alkyl halides is 2. The molecule has 0 bridgehead atoms. The highest BCUT2D eigenvalue weighted by Crippen LogP contribution is 2.35. The van der Waals surface area contributed by atoms with Crippen LogP contribution in [0.1, 0.15) is 42.5 Å². The number of pyridine rings is 1. The van der Waals surface area contributed by atoms with Gasteiger partial charge in [-0.2, -0.15) is 0 Å². The van der Waals surface area contributed by atoms with E-state index in [-0.39, 0.29) is 36.9 Å². The zero-order valence-corrected chi connectivity index (χ0v) is 20.6. The van der Waals surface area contributed by atoms with Crippen LogP contribution in [0.25, 0.3) is 17.0 Å². The van der Waals surface area contributed by atoms with Crippen LogP contribution in [0.15, 0.2) is 41.0 Å². The summed E-state index contributed by atoms with van der Waals surface area (Å²) in [5.41, 5.74) is 2.94. The molecule has 190 valence electrons. The van der Waals surface area contributed by atoms with E-state index in [2.05, 4.69) is 20.5 Å². The molecule has 8 nitrogen and oxygen atoms in total. The number of benzene rings is 1. The number of amides is 2. The molecule has 0 radical (unpaired) electrons. The van der Waals surface area contributed by atoms with Crippen LogP contribution < -0.4 is 5.32 Å². The number of urea groups is 1. The zero-order valence-electron chi connectivity index (χ0n) is 19.9. The Morgan fingerprint density at radius 1 is 1.31 bits per heavy atom. The summed E-state index contributed by atoms with van der Waals surface area (Å²) in [6.45, 7) is 3.75. The quantitative estimate of drug-likeness (QED) is 0.432. The number of aliphatic hydroxyl groups is 1. The van der Waals surface area contributed by atoms with Gasteiger partial charge in [-0.3, -0.25) is 4.98 Å². The molecule has 0 atom stereocenters. The molecule has 36 heavy (non-hydrogen) atoms. The van der Waals surface area contributed by atoms with Crippen molar-refractivity contribution in [2.45, 2.75) is 39.0 Å². The highest BCUT2D eigenvalue weighted by molar-refractivity contribution is 6.32. The topological polar surface area (TPSA) is 104 Å². The molecule has 0 aliphatic carbocycles. The van der Waals surface area contributed by atoms with Gasteiger partial charge in [-0.05, 0) is 42.7 Å². The van der Waals surface area contributed by atoms with Gasteiger partial charge in [-0.15, -0.1) is 10.2 Å². The standard InChI is InChI=1S/C25H26ClF2N5O3/c1-3-25(27,28)19-5-4-18(12-15(19)2)30-24(35)33-9-6-16(7-10-33)22-20(26)13-17(14-29-22)23-32-31-21(36-23)8-11-34/h4-6,12-14,34H,3,7-11H2,1-2H3,(H,30,35). The molecule has 0 saturated carbocycles. The minimum Gasteiger partial charge on any atom is -0.421 e. The van der Waals surface area contributed by atoms with Gasteiger partial charge < -0.3 is 19.7 Å². The maximum atomic E-state index is 14.0. The van der Waals surface area contributed by atoms with Crippen LogP contribution in [0, 0.1) is 6.92 Å². The number of carbonyl (C=O) groups is 1. The van der Waals surface area contributed by atoms with Gasteiger partial charge in [0.2, 0.25) is 11.8 Å². The molecular weight excluding hydrogens is 492 g/mol. The second kappa shape index (κ2) is 10.7. The van der Waals surface area contributed by atoms with Crippen LogP contribution in [0.3, 0.4) is 0 Å². The van der Waals surface area contributed by atoms with Gasteiger partial charge in [0, 0.05) is 43.4 Å². The van der Waals surface area contributed by atoms with Crippen molar-refractivity contribution < 1.29 is 23.1 Å². The van der Waals surface area contributed by atoms with Crippen molar-refractivity contribution in [1.82, 2.24) is 20.1 Å². The fourth-order valence-corrected chi connectivity index (χ4v) is 4.26. The van der Waals surface area contributed by atoms with Gasteiger partial charge in [-0.1, -0.05) is 30.7 Å². The van der Waals surface area contributed by atoms with Crippen molar-refractivity contribution in [3.8, 4) is 11.5 Å². The van der Waals surface area contributed by atoms with Gasteiger partial charge in [0.05, 0.1) is 22.9 Å². The molecule has 2 amide bonds. The smallest absolute Gasteiger partial charge is 0.322 e. The molecule has 4 rings (SSSR count). The molecule has 0 fully saturated rings. The lowest BCUT2D eigenvalue weighted by atomic mass is 10.00. The number of aryl methyl sites for hydroxylation is 1. The predicted octanol–water partition coefficient (Wildman–Crippen LogP) is 5.45. The number of carbonyl (C=O) groups excluding carboxylic acids is 1. The zero-order chi connectivity index (χ0) is 25.9. The Morgan fingerprint density at radius 2 is 2.11 bits per heavy atom. The summed E-state index contributed by atoms with van der Waals surface area (Å²) in [6, 6.07) is 5.79. The number of halogens is 3. The van der Waals surface area contributed by atoms with Crippen molar-refractivity contribution in [2.24, 2.45) is 0 Å². The normalized spacial score (nSPS) is 14.1. The van der Waals surface area contributed by atoms with Crippen molar-refractivity contribution in [2.75, 3.05) is 25.0 Å². The van der Waals surface area contributed by atoms with E-state index in [9.17, 15) is 13.6 Å². The SMILES string of the molecule is CCC(F)(F)c1ccc(NC(=O)N2CC=C(c3ncc(-c4nnc(CCO)o4)cc3Cl)CC2)cc1C. The lowest BCUT2D eigenvalue weighted by Crippen LogP contribution is -2.38. The maximum absolute atomic E-state index is 14.0. The first-order valence-electron chi connectivity index (χ1n) is 11.5. The summed E-state index contributed by atoms with van der Waals surface area (Å²) in [5.74, 6) is -2.31. The predicted molar refractivity (Wildman–Crippen MR) is 132 cm³/mol. The third-order valence-electron chi connectivity index (χ3n) is 6.00. The number of rotatable bonds is 7. The number of hydrogen-bond acceptors (Lipinski definition) is 6. The Kier molecular flexibility index (Phi) is 7.65. The molecule has 1 aromatic carbocycles. The summed E-state index contributed by atoms with van der Waals surface area (Å²) >= 11 is 6.48. The van der Waals surface area contributed by atoms with E-state index >= 15 is 0 Å². The van der Waals surface area contributed by atoms with Crippen LogP contribution in [0.5, 0.6) is 0 Å². The second-order valence-corrected chi connectivity index (χ2v) is 8.88. The highest BCUT2D eigenvalue weighted by Gasteiger charge is 2.30. The van der Waals surface area contributed by atoms with E-state index in [1.807, 2.05) is 6.08 Å². The molecule has 0 saturated heterocycles. The summed E-state index contributed by atoms with van der Waals surface area (Å²) < 4.78 is 33.6. The molecule has 0 spiro atoms. The van der Waals surface area contributed by atoms with Crippen molar-refractivity contribution in [3.05, 3.63) is 64.3 Å². The lowest BCUT2D eigenvalue weighted by Gasteiger charge is -2.27. The average molecular weight is 518 g/mol. The third kappa shape index (κ3) is 5.55. The van der Waals surface area contributed by atoms with Crippen molar-refractivity contribution in [1.29, 1.82) is 0 Å². The molecule has 2 N–H and O–H groups in total. The van der Waals surface area contributed by atoms with Crippen LogP contribution in [-0.2, 0) is 12.3 Å². The number of nitrogens with one attached hydrogen (secondary N) is 1. The van der Waals surface area contributed by atoms with Gasteiger partial charge in [0.15, 0.2) is 0 Å². The van der Waals surface area contributed by atoms with Gasteiger partial charge >= 0.3 is 6.03 Å². The Labute approximate surface area is 212 Å². The first-order valence-corrected chi connectivity index (χ1v) is 11.9. The van der Waals surface area contributed by atoms with E-state index < -0.39 is 5.92 Å². The monoisotopic (exact) mass is 517 g/mol.